The van der Waals surface area contributed by atoms with Gasteiger partial charge in [-0.05, 0) is 34.0 Å². The molecule has 4 nitrogen and oxygen atoms in total. The molecule has 0 spiro atoms. The molecule has 2 N–H and O–H groups in total. The Hall–Kier alpha value is -0.580. The summed E-state index contributed by atoms with van der Waals surface area (Å²) in [4.78, 5) is 13.1. The van der Waals surface area contributed by atoms with Crippen LogP contribution in [-0.4, -0.2) is 38.0 Å². The highest BCUT2D eigenvalue weighted by molar-refractivity contribution is 5.91. The van der Waals surface area contributed by atoms with Crippen LogP contribution in [0.1, 0.15) is 13.3 Å². The average molecular weight is 222 g/mol. The van der Waals surface area contributed by atoms with Crippen molar-refractivity contribution in [3.8, 4) is 0 Å². The minimum absolute atomic E-state index is 0. The second-order valence-corrected chi connectivity index (χ2v) is 3.32. The molecule has 14 heavy (non-hydrogen) atoms. The van der Waals surface area contributed by atoms with Crippen molar-refractivity contribution in [2.24, 2.45) is 0 Å². The van der Waals surface area contributed by atoms with E-state index in [-0.39, 0.29) is 18.3 Å². The number of halogens is 1. The lowest BCUT2D eigenvalue weighted by Crippen LogP contribution is -2.38. The summed E-state index contributed by atoms with van der Waals surface area (Å²) in [6.45, 7) is 6.98. The molecular weight excluding hydrogens is 202 g/mol. The molecule has 0 aliphatic heterocycles. The van der Waals surface area contributed by atoms with Gasteiger partial charge in [0.1, 0.15) is 0 Å². The van der Waals surface area contributed by atoms with Crippen molar-refractivity contribution in [2.75, 3.05) is 27.2 Å². The number of hydrogen-bond acceptors (Lipinski definition) is 3. The van der Waals surface area contributed by atoms with E-state index in [0.717, 1.165) is 19.5 Å². The lowest BCUT2D eigenvalue weighted by Gasteiger charge is -2.10. The number of amides is 1. The van der Waals surface area contributed by atoms with Crippen LogP contribution in [0.25, 0.3) is 0 Å². The molecule has 0 saturated carbocycles. The zero-order valence-electron chi connectivity index (χ0n) is 9.09. The van der Waals surface area contributed by atoms with E-state index in [9.17, 15) is 4.79 Å². The Bertz CT molecular complexity index is 183. The summed E-state index contributed by atoms with van der Waals surface area (Å²) < 4.78 is 0. The Morgan fingerprint density at radius 1 is 1.43 bits per heavy atom. The lowest BCUT2D eigenvalue weighted by atomic mass is 10.3. The van der Waals surface area contributed by atoms with E-state index >= 15 is 0 Å². The zero-order valence-corrected chi connectivity index (χ0v) is 9.91. The smallest absolute Gasteiger partial charge is 0.260 e. The minimum Gasteiger partial charge on any atom is -0.309 e. The van der Waals surface area contributed by atoms with Crippen molar-refractivity contribution in [1.29, 1.82) is 0 Å². The number of hydrogen-bond donors (Lipinski definition) is 2. The molecule has 0 atom stereocenters. The van der Waals surface area contributed by atoms with Crippen molar-refractivity contribution in [2.45, 2.75) is 13.3 Å². The number of carbonyl (C=O) groups excluding carboxylic acids is 1. The van der Waals surface area contributed by atoms with Crippen LogP contribution in [0, 0.1) is 0 Å². The van der Waals surface area contributed by atoms with Crippen LogP contribution in [0.3, 0.4) is 0 Å². The van der Waals surface area contributed by atoms with E-state index < -0.39 is 0 Å². The molecule has 0 aliphatic rings. The first-order chi connectivity index (χ1) is 6.04. The standard InChI is InChI=1S/C9H19N3O.ClH/c1-8(2)9(13)11-10-6-5-7-12(3)4;/h10H,1,5-7H2,2-4H3,(H,11,13);1H. The quantitative estimate of drug-likeness (QED) is 0.391. The zero-order chi connectivity index (χ0) is 10.3. The Labute approximate surface area is 92.1 Å². The molecule has 0 saturated heterocycles. The van der Waals surface area contributed by atoms with Crippen LogP contribution in [0.5, 0.6) is 0 Å². The summed E-state index contributed by atoms with van der Waals surface area (Å²) >= 11 is 0. The van der Waals surface area contributed by atoms with Gasteiger partial charge in [0.15, 0.2) is 0 Å². The molecule has 84 valence electrons. The third-order valence-corrected chi connectivity index (χ3v) is 1.50. The summed E-state index contributed by atoms with van der Waals surface area (Å²) in [5.41, 5.74) is 5.90. The van der Waals surface area contributed by atoms with Gasteiger partial charge in [-0.2, -0.15) is 0 Å². The van der Waals surface area contributed by atoms with Crippen LogP contribution in [-0.2, 0) is 4.79 Å². The number of carbonyl (C=O) groups is 1. The van der Waals surface area contributed by atoms with Gasteiger partial charge in [0, 0.05) is 12.1 Å². The van der Waals surface area contributed by atoms with Gasteiger partial charge in [0.05, 0.1) is 0 Å². The van der Waals surface area contributed by atoms with Gasteiger partial charge in [0.25, 0.3) is 5.91 Å². The van der Waals surface area contributed by atoms with Crippen molar-refractivity contribution in [1.82, 2.24) is 15.8 Å². The Balaban J connectivity index is 0. The second-order valence-electron chi connectivity index (χ2n) is 3.32. The predicted molar refractivity (Wildman–Crippen MR) is 61.4 cm³/mol. The average Bonchev–Trinajstić information content (AvgIpc) is 2.02. The van der Waals surface area contributed by atoms with E-state index in [1.165, 1.54) is 0 Å². The van der Waals surface area contributed by atoms with E-state index in [0.29, 0.717) is 5.57 Å². The second kappa shape index (κ2) is 8.99. The molecule has 0 aromatic carbocycles. The molecule has 5 heteroatoms. The molecular formula is C9H20ClN3O. The summed E-state index contributed by atoms with van der Waals surface area (Å²) in [5.74, 6) is -0.148. The van der Waals surface area contributed by atoms with Crippen molar-refractivity contribution in [3.05, 3.63) is 12.2 Å². The highest BCUT2D eigenvalue weighted by atomic mass is 35.5. The fourth-order valence-corrected chi connectivity index (χ4v) is 0.733. The Morgan fingerprint density at radius 3 is 2.43 bits per heavy atom. The first-order valence-corrected chi connectivity index (χ1v) is 4.37. The van der Waals surface area contributed by atoms with Gasteiger partial charge in [0.2, 0.25) is 0 Å². The third-order valence-electron chi connectivity index (χ3n) is 1.50. The van der Waals surface area contributed by atoms with Gasteiger partial charge in [-0.25, -0.2) is 5.43 Å². The van der Waals surface area contributed by atoms with Gasteiger partial charge < -0.3 is 4.90 Å². The normalized spacial score (nSPS) is 9.43. The summed E-state index contributed by atoms with van der Waals surface area (Å²) in [6, 6.07) is 0. The van der Waals surface area contributed by atoms with Gasteiger partial charge >= 0.3 is 0 Å². The maximum absolute atomic E-state index is 11.0. The van der Waals surface area contributed by atoms with E-state index in [1.807, 2.05) is 14.1 Å². The molecule has 0 aromatic rings. The van der Waals surface area contributed by atoms with Crippen LogP contribution in [0.15, 0.2) is 12.2 Å². The topological polar surface area (TPSA) is 44.4 Å². The predicted octanol–water partition coefficient (Wildman–Crippen LogP) is 0.557. The third kappa shape index (κ3) is 9.51. The molecule has 0 aliphatic carbocycles. The number of nitrogens with one attached hydrogen (secondary N) is 2. The summed E-state index contributed by atoms with van der Waals surface area (Å²) in [7, 11) is 4.04. The fraction of sp³-hybridized carbons (Fsp3) is 0.667. The number of rotatable bonds is 6. The van der Waals surface area contributed by atoms with E-state index in [1.54, 1.807) is 6.92 Å². The maximum Gasteiger partial charge on any atom is 0.260 e. The van der Waals surface area contributed by atoms with Crippen LogP contribution >= 0.6 is 12.4 Å². The number of hydrazine groups is 1. The van der Waals surface area contributed by atoms with Gasteiger partial charge in [-0.15, -0.1) is 12.4 Å². The highest BCUT2D eigenvalue weighted by Gasteiger charge is 1.98. The van der Waals surface area contributed by atoms with Crippen LogP contribution in [0.4, 0.5) is 0 Å². The summed E-state index contributed by atoms with van der Waals surface area (Å²) in [6.07, 6.45) is 1.00. The largest absolute Gasteiger partial charge is 0.309 e. The SMILES string of the molecule is C=C(C)C(=O)NNCCCN(C)C.Cl. The monoisotopic (exact) mass is 221 g/mol. The maximum atomic E-state index is 11.0. The minimum atomic E-state index is -0.148. The van der Waals surface area contributed by atoms with Crippen molar-refractivity contribution < 1.29 is 4.79 Å². The molecule has 0 rings (SSSR count). The molecule has 0 fully saturated rings. The Kier molecular flexibility index (Phi) is 10.2. The molecule has 0 heterocycles. The van der Waals surface area contributed by atoms with E-state index in [4.69, 9.17) is 0 Å². The lowest BCUT2D eigenvalue weighted by molar-refractivity contribution is -0.118. The summed E-state index contributed by atoms with van der Waals surface area (Å²) in [5, 5.41) is 0. The first kappa shape index (κ1) is 15.9. The fourth-order valence-electron chi connectivity index (χ4n) is 0.733. The Morgan fingerprint density at radius 2 is 2.00 bits per heavy atom. The molecule has 0 unspecified atom stereocenters. The van der Waals surface area contributed by atoms with Crippen molar-refractivity contribution >= 4 is 18.3 Å². The molecule has 0 bridgehead atoms. The van der Waals surface area contributed by atoms with Gasteiger partial charge in [-0.3, -0.25) is 10.2 Å². The molecule has 0 aromatic heterocycles. The van der Waals surface area contributed by atoms with Crippen LogP contribution in [0.2, 0.25) is 0 Å². The van der Waals surface area contributed by atoms with E-state index in [2.05, 4.69) is 22.3 Å². The molecule has 0 radical (unpaired) electrons. The highest BCUT2D eigenvalue weighted by Crippen LogP contribution is 1.83. The van der Waals surface area contributed by atoms with Gasteiger partial charge in [-0.1, -0.05) is 6.58 Å². The molecule has 1 amide bonds. The van der Waals surface area contributed by atoms with Crippen LogP contribution < -0.4 is 10.9 Å². The van der Waals surface area contributed by atoms with Crippen molar-refractivity contribution in [3.63, 3.8) is 0 Å². The number of nitrogens with zero attached hydrogens (tertiary/aromatic N) is 1. The first-order valence-electron chi connectivity index (χ1n) is 4.37.